The van der Waals surface area contributed by atoms with E-state index in [0.29, 0.717) is 6.54 Å². The number of halogens is 1. The van der Waals surface area contributed by atoms with Gasteiger partial charge < -0.3 is 10.1 Å². The van der Waals surface area contributed by atoms with Crippen molar-refractivity contribution in [3.63, 3.8) is 0 Å². The third kappa shape index (κ3) is 4.38. The molecule has 2 aromatic carbocycles. The molecule has 0 aliphatic carbocycles. The molecule has 2 nitrogen and oxygen atoms in total. The molecule has 0 fully saturated rings. The largest absolute Gasteiger partial charge is 0.497 e. The van der Waals surface area contributed by atoms with Crippen LogP contribution < -0.4 is 10.1 Å². The molecule has 1 N–H and O–H groups in total. The molecular formula is C16H18FNO. The molecule has 0 aliphatic rings. The molecule has 3 heteroatoms. The Balaban J connectivity index is 1.74. The summed E-state index contributed by atoms with van der Waals surface area (Å²) >= 11 is 0. The summed E-state index contributed by atoms with van der Waals surface area (Å²) in [6, 6.07) is 14.7. The maximum Gasteiger partial charge on any atom is 0.123 e. The molecule has 0 aromatic heterocycles. The van der Waals surface area contributed by atoms with Crippen LogP contribution >= 0.6 is 0 Å². The Morgan fingerprint density at radius 1 is 1.05 bits per heavy atom. The van der Waals surface area contributed by atoms with E-state index in [1.807, 2.05) is 18.2 Å². The van der Waals surface area contributed by atoms with Gasteiger partial charge in [0.2, 0.25) is 0 Å². The molecule has 0 aliphatic heterocycles. The fourth-order valence-corrected chi connectivity index (χ4v) is 1.90. The van der Waals surface area contributed by atoms with E-state index in [-0.39, 0.29) is 5.82 Å². The quantitative estimate of drug-likeness (QED) is 0.805. The first-order chi connectivity index (χ1) is 9.28. The Morgan fingerprint density at radius 3 is 2.53 bits per heavy atom. The van der Waals surface area contributed by atoms with Crippen LogP contribution in [-0.2, 0) is 13.0 Å². The number of nitrogens with one attached hydrogen (secondary N) is 1. The van der Waals surface area contributed by atoms with Crippen molar-refractivity contribution in [1.29, 1.82) is 0 Å². The minimum atomic E-state index is -0.186. The molecule has 2 aromatic rings. The molecule has 0 amide bonds. The molecule has 0 saturated carbocycles. The highest BCUT2D eigenvalue weighted by Gasteiger charge is 1.97. The summed E-state index contributed by atoms with van der Waals surface area (Å²) in [6.07, 6.45) is 0.944. The molecule has 0 bridgehead atoms. The highest BCUT2D eigenvalue weighted by atomic mass is 19.1. The van der Waals surface area contributed by atoms with Gasteiger partial charge in [-0.3, -0.25) is 0 Å². The van der Waals surface area contributed by atoms with Crippen LogP contribution in [0.1, 0.15) is 11.1 Å². The first-order valence-electron chi connectivity index (χ1n) is 6.36. The number of hydrogen-bond acceptors (Lipinski definition) is 2. The monoisotopic (exact) mass is 259 g/mol. The Bertz CT molecular complexity index is 510. The molecule has 2 rings (SSSR count). The van der Waals surface area contributed by atoms with Gasteiger partial charge in [0.1, 0.15) is 11.6 Å². The lowest BCUT2D eigenvalue weighted by atomic mass is 10.1. The lowest BCUT2D eigenvalue weighted by Crippen LogP contribution is -2.16. The van der Waals surface area contributed by atoms with E-state index >= 15 is 0 Å². The van der Waals surface area contributed by atoms with Crippen molar-refractivity contribution in [2.75, 3.05) is 13.7 Å². The molecule has 0 saturated heterocycles. The highest BCUT2D eigenvalue weighted by Crippen LogP contribution is 2.11. The predicted octanol–water partition coefficient (Wildman–Crippen LogP) is 3.17. The van der Waals surface area contributed by atoms with Gasteiger partial charge in [-0.2, -0.15) is 0 Å². The number of benzene rings is 2. The molecular weight excluding hydrogens is 241 g/mol. The van der Waals surface area contributed by atoms with Gasteiger partial charge >= 0.3 is 0 Å². The Hall–Kier alpha value is -1.87. The summed E-state index contributed by atoms with van der Waals surface area (Å²) in [7, 11) is 1.66. The van der Waals surface area contributed by atoms with Crippen LogP contribution in [0.5, 0.6) is 5.75 Å². The molecule has 19 heavy (non-hydrogen) atoms. The second-order valence-electron chi connectivity index (χ2n) is 4.40. The zero-order valence-electron chi connectivity index (χ0n) is 11.0. The van der Waals surface area contributed by atoms with E-state index in [1.54, 1.807) is 19.2 Å². The van der Waals surface area contributed by atoms with Crippen molar-refractivity contribution in [2.24, 2.45) is 0 Å². The Morgan fingerprint density at radius 2 is 1.84 bits per heavy atom. The number of rotatable bonds is 6. The maximum absolute atomic E-state index is 13.0. The Labute approximate surface area is 113 Å². The van der Waals surface area contributed by atoms with Gasteiger partial charge in [0.05, 0.1) is 7.11 Å². The molecule has 0 atom stereocenters. The summed E-state index contributed by atoms with van der Waals surface area (Å²) < 4.78 is 18.1. The summed E-state index contributed by atoms with van der Waals surface area (Å²) in [4.78, 5) is 0. The smallest absolute Gasteiger partial charge is 0.123 e. The van der Waals surface area contributed by atoms with Gasteiger partial charge in [0.25, 0.3) is 0 Å². The number of ether oxygens (including phenoxy) is 1. The number of methoxy groups -OCH3 is 1. The fraction of sp³-hybridized carbons (Fsp3) is 0.250. The molecule has 0 spiro atoms. The van der Waals surface area contributed by atoms with Crippen molar-refractivity contribution in [3.05, 3.63) is 65.5 Å². The SMILES string of the molecule is COc1ccc(CCNCc2cccc(F)c2)cc1. The standard InChI is InChI=1S/C16H18FNO/c1-19-16-7-5-13(6-8-16)9-10-18-12-14-3-2-4-15(17)11-14/h2-8,11,18H,9-10,12H2,1H3. The second-order valence-corrected chi connectivity index (χ2v) is 4.40. The minimum absolute atomic E-state index is 0.186. The van der Waals surface area contributed by atoms with E-state index in [2.05, 4.69) is 17.4 Å². The van der Waals surface area contributed by atoms with Crippen molar-refractivity contribution in [3.8, 4) is 5.75 Å². The van der Waals surface area contributed by atoms with Gasteiger partial charge in [0.15, 0.2) is 0 Å². The summed E-state index contributed by atoms with van der Waals surface area (Å²) in [6.45, 7) is 1.55. The summed E-state index contributed by atoms with van der Waals surface area (Å²) in [5, 5.41) is 3.31. The van der Waals surface area contributed by atoms with Crippen LogP contribution in [0.15, 0.2) is 48.5 Å². The van der Waals surface area contributed by atoms with Crippen molar-refractivity contribution in [1.82, 2.24) is 5.32 Å². The first kappa shape index (κ1) is 13.6. The average Bonchev–Trinajstić information content (AvgIpc) is 2.44. The number of hydrogen-bond donors (Lipinski definition) is 1. The van der Waals surface area contributed by atoms with Crippen molar-refractivity contribution >= 4 is 0 Å². The highest BCUT2D eigenvalue weighted by molar-refractivity contribution is 5.27. The third-order valence-corrected chi connectivity index (χ3v) is 2.97. The van der Waals surface area contributed by atoms with Crippen molar-refractivity contribution in [2.45, 2.75) is 13.0 Å². The van der Waals surface area contributed by atoms with Gasteiger partial charge in [-0.05, 0) is 48.4 Å². The van der Waals surface area contributed by atoms with Gasteiger partial charge in [-0.25, -0.2) is 4.39 Å². The maximum atomic E-state index is 13.0. The van der Waals surface area contributed by atoms with Crippen LogP contribution in [0.2, 0.25) is 0 Å². The first-order valence-corrected chi connectivity index (χ1v) is 6.36. The van der Waals surface area contributed by atoms with Crippen LogP contribution in [-0.4, -0.2) is 13.7 Å². The minimum Gasteiger partial charge on any atom is -0.497 e. The Kier molecular flexibility index (Phi) is 4.93. The van der Waals surface area contributed by atoms with E-state index in [9.17, 15) is 4.39 Å². The van der Waals surface area contributed by atoms with Gasteiger partial charge in [-0.15, -0.1) is 0 Å². The van der Waals surface area contributed by atoms with Crippen molar-refractivity contribution < 1.29 is 9.13 Å². The van der Waals surface area contributed by atoms with Crippen LogP contribution in [0.3, 0.4) is 0 Å². The normalized spacial score (nSPS) is 10.4. The summed E-state index contributed by atoms with van der Waals surface area (Å²) in [5.41, 5.74) is 2.22. The third-order valence-electron chi connectivity index (χ3n) is 2.97. The second kappa shape index (κ2) is 6.90. The van der Waals surface area contributed by atoms with E-state index < -0.39 is 0 Å². The van der Waals surface area contributed by atoms with E-state index in [0.717, 1.165) is 24.3 Å². The molecule has 100 valence electrons. The predicted molar refractivity (Wildman–Crippen MR) is 74.8 cm³/mol. The summed E-state index contributed by atoms with van der Waals surface area (Å²) in [5.74, 6) is 0.686. The van der Waals surface area contributed by atoms with Crippen LogP contribution in [0.25, 0.3) is 0 Å². The average molecular weight is 259 g/mol. The van der Waals surface area contributed by atoms with E-state index in [4.69, 9.17) is 4.74 Å². The molecule has 0 unspecified atom stereocenters. The van der Waals surface area contributed by atoms with Gasteiger partial charge in [0, 0.05) is 6.54 Å². The van der Waals surface area contributed by atoms with Gasteiger partial charge in [-0.1, -0.05) is 24.3 Å². The van der Waals surface area contributed by atoms with Crippen LogP contribution in [0.4, 0.5) is 4.39 Å². The zero-order chi connectivity index (χ0) is 13.5. The van der Waals surface area contributed by atoms with E-state index in [1.165, 1.54) is 11.6 Å². The molecule has 0 radical (unpaired) electrons. The van der Waals surface area contributed by atoms with Crippen LogP contribution in [0, 0.1) is 5.82 Å². The topological polar surface area (TPSA) is 21.3 Å². The lowest BCUT2D eigenvalue weighted by Gasteiger charge is -2.06. The molecule has 0 heterocycles. The fourth-order valence-electron chi connectivity index (χ4n) is 1.90. The lowest BCUT2D eigenvalue weighted by molar-refractivity contribution is 0.414. The zero-order valence-corrected chi connectivity index (χ0v) is 11.0.